The third-order valence-corrected chi connectivity index (χ3v) is 4.52. The highest BCUT2D eigenvalue weighted by molar-refractivity contribution is 6.14. The van der Waals surface area contributed by atoms with Crippen molar-refractivity contribution in [2.75, 3.05) is 11.9 Å². The second kappa shape index (κ2) is 8.62. The zero-order valence-electron chi connectivity index (χ0n) is 16.8. The fourth-order valence-electron chi connectivity index (χ4n) is 3.17. The van der Waals surface area contributed by atoms with E-state index < -0.39 is 11.8 Å². The summed E-state index contributed by atoms with van der Waals surface area (Å²) < 4.78 is 17.0. The standard InChI is InChI=1S/C24H20N2O5/c1-2-29-19-13-7-12-18-20(22(23(25)27)31-21(18)19)26-24(28)15-8-6-11-17(14-15)30-16-9-4-3-5-10-16/h3-14H,2H2,1H3,(H2,25,27)(H,26,28). The molecule has 0 saturated heterocycles. The molecule has 0 radical (unpaired) electrons. The fraction of sp³-hybridized carbons (Fsp3) is 0.0833. The second-order valence-electron chi connectivity index (χ2n) is 6.63. The zero-order valence-corrected chi connectivity index (χ0v) is 16.8. The van der Waals surface area contributed by atoms with Crippen LogP contribution >= 0.6 is 0 Å². The van der Waals surface area contributed by atoms with Crippen LogP contribution in [0.2, 0.25) is 0 Å². The number of ether oxygens (including phenoxy) is 2. The normalized spacial score (nSPS) is 10.6. The van der Waals surface area contributed by atoms with Gasteiger partial charge in [0.15, 0.2) is 11.3 Å². The second-order valence-corrected chi connectivity index (χ2v) is 6.63. The van der Waals surface area contributed by atoms with Gasteiger partial charge in [0.1, 0.15) is 17.2 Å². The van der Waals surface area contributed by atoms with Crippen molar-refractivity contribution >= 4 is 28.5 Å². The molecule has 0 bridgehead atoms. The van der Waals surface area contributed by atoms with E-state index in [1.807, 2.05) is 37.3 Å². The predicted molar refractivity (Wildman–Crippen MR) is 117 cm³/mol. The van der Waals surface area contributed by atoms with Gasteiger partial charge in [0, 0.05) is 10.9 Å². The van der Waals surface area contributed by atoms with E-state index in [9.17, 15) is 9.59 Å². The van der Waals surface area contributed by atoms with Gasteiger partial charge < -0.3 is 24.9 Å². The molecule has 0 atom stereocenters. The molecule has 2 amide bonds. The molecule has 0 aliphatic carbocycles. The zero-order chi connectivity index (χ0) is 21.8. The smallest absolute Gasteiger partial charge is 0.286 e. The monoisotopic (exact) mass is 416 g/mol. The van der Waals surface area contributed by atoms with Gasteiger partial charge in [-0.1, -0.05) is 30.3 Å². The minimum atomic E-state index is -0.796. The average Bonchev–Trinajstić information content (AvgIpc) is 3.15. The number of carbonyl (C=O) groups excluding carboxylic acids is 2. The minimum absolute atomic E-state index is 0.146. The van der Waals surface area contributed by atoms with Crippen LogP contribution in [0.5, 0.6) is 17.2 Å². The Labute approximate surface area is 178 Å². The van der Waals surface area contributed by atoms with Crippen LogP contribution in [0.25, 0.3) is 11.0 Å². The van der Waals surface area contributed by atoms with Gasteiger partial charge in [-0.25, -0.2) is 0 Å². The highest BCUT2D eigenvalue weighted by Crippen LogP contribution is 2.36. The van der Waals surface area contributed by atoms with Crippen LogP contribution in [0.1, 0.15) is 27.8 Å². The number of rotatable bonds is 7. The molecule has 1 heterocycles. The first-order chi connectivity index (χ1) is 15.1. The Hall–Kier alpha value is -4.26. The number of para-hydroxylation sites is 2. The number of nitrogens with one attached hydrogen (secondary N) is 1. The Morgan fingerprint density at radius 3 is 2.45 bits per heavy atom. The van der Waals surface area contributed by atoms with Crippen LogP contribution in [0, 0.1) is 0 Å². The Kier molecular flexibility index (Phi) is 5.57. The van der Waals surface area contributed by atoms with Crippen LogP contribution in [-0.4, -0.2) is 18.4 Å². The van der Waals surface area contributed by atoms with Gasteiger partial charge in [0.2, 0.25) is 5.76 Å². The van der Waals surface area contributed by atoms with Crippen molar-refractivity contribution in [3.05, 3.63) is 84.1 Å². The summed E-state index contributed by atoms with van der Waals surface area (Å²) in [5.74, 6) is 0.235. The SMILES string of the molecule is CCOc1cccc2c(NC(=O)c3cccc(Oc4ccccc4)c3)c(C(N)=O)oc12. The van der Waals surface area contributed by atoms with E-state index in [2.05, 4.69) is 5.32 Å². The number of nitrogens with two attached hydrogens (primary N) is 1. The summed E-state index contributed by atoms with van der Waals surface area (Å²) in [6, 6.07) is 21.1. The van der Waals surface area contributed by atoms with Crippen molar-refractivity contribution in [1.29, 1.82) is 0 Å². The predicted octanol–water partition coefficient (Wildman–Crippen LogP) is 4.98. The third-order valence-electron chi connectivity index (χ3n) is 4.52. The maximum absolute atomic E-state index is 13.0. The Balaban J connectivity index is 1.66. The van der Waals surface area contributed by atoms with Crippen LogP contribution < -0.4 is 20.5 Å². The number of primary amides is 1. The first-order valence-electron chi connectivity index (χ1n) is 9.69. The molecular formula is C24H20N2O5. The van der Waals surface area contributed by atoms with Gasteiger partial charge in [-0.3, -0.25) is 9.59 Å². The molecule has 31 heavy (non-hydrogen) atoms. The van der Waals surface area contributed by atoms with Gasteiger partial charge >= 0.3 is 0 Å². The van der Waals surface area contributed by atoms with E-state index in [0.29, 0.717) is 40.4 Å². The van der Waals surface area contributed by atoms with Crippen molar-refractivity contribution in [1.82, 2.24) is 0 Å². The molecule has 0 saturated carbocycles. The molecule has 0 aliphatic heterocycles. The van der Waals surface area contributed by atoms with Gasteiger partial charge in [0.05, 0.1) is 6.61 Å². The molecule has 7 heteroatoms. The Morgan fingerprint density at radius 1 is 0.968 bits per heavy atom. The van der Waals surface area contributed by atoms with Crippen LogP contribution in [0.3, 0.4) is 0 Å². The van der Waals surface area contributed by atoms with E-state index in [1.54, 1.807) is 42.5 Å². The number of benzene rings is 3. The first kappa shape index (κ1) is 20.0. The molecule has 0 aliphatic rings. The summed E-state index contributed by atoms with van der Waals surface area (Å²) in [5.41, 5.74) is 6.37. The van der Waals surface area contributed by atoms with Crippen LogP contribution in [-0.2, 0) is 0 Å². The topological polar surface area (TPSA) is 104 Å². The average molecular weight is 416 g/mol. The number of hydrogen-bond donors (Lipinski definition) is 2. The molecule has 1 aromatic heterocycles. The lowest BCUT2D eigenvalue weighted by molar-refractivity contribution is 0.0977. The van der Waals surface area contributed by atoms with E-state index >= 15 is 0 Å². The van der Waals surface area contributed by atoms with Gasteiger partial charge in [-0.2, -0.15) is 0 Å². The Bertz CT molecular complexity index is 1250. The first-order valence-corrected chi connectivity index (χ1v) is 9.69. The maximum Gasteiger partial charge on any atom is 0.286 e. The highest BCUT2D eigenvalue weighted by Gasteiger charge is 2.23. The summed E-state index contributed by atoms with van der Waals surface area (Å²) in [7, 11) is 0. The van der Waals surface area contributed by atoms with E-state index in [1.165, 1.54) is 0 Å². The number of carbonyl (C=O) groups is 2. The summed E-state index contributed by atoms with van der Waals surface area (Å²) in [4.78, 5) is 24.9. The molecule has 3 aromatic carbocycles. The van der Waals surface area contributed by atoms with E-state index in [0.717, 1.165) is 0 Å². The van der Waals surface area contributed by atoms with Gasteiger partial charge in [0.25, 0.3) is 11.8 Å². The van der Waals surface area contributed by atoms with E-state index in [-0.39, 0.29) is 11.4 Å². The molecule has 3 N–H and O–H groups in total. The molecule has 0 spiro atoms. The largest absolute Gasteiger partial charge is 0.490 e. The lowest BCUT2D eigenvalue weighted by Gasteiger charge is -2.09. The van der Waals surface area contributed by atoms with Crippen molar-refractivity contribution < 1.29 is 23.5 Å². The lowest BCUT2D eigenvalue weighted by atomic mass is 10.1. The van der Waals surface area contributed by atoms with Gasteiger partial charge in [-0.05, 0) is 49.4 Å². The summed E-state index contributed by atoms with van der Waals surface area (Å²) >= 11 is 0. The van der Waals surface area contributed by atoms with Gasteiger partial charge in [-0.15, -0.1) is 0 Å². The molecule has 4 rings (SSSR count). The lowest BCUT2D eigenvalue weighted by Crippen LogP contribution is -2.17. The number of fused-ring (bicyclic) bond motifs is 1. The number of hydrogen-bond acceptors (Lipinski definition) is 5. The summed E-state index contributed by atoms with van der Waals surface area (Å²) in [6.07, 6.45) is 0. The number of furan rings is 1. The highest BCUT2D eigenvalue weighted by atomic mass is 16.5. The fourth-order valence-corrected chi connectivity index (χ4v) is 3.17. The molecule has 0 unspecified atom stereocenters. The molecule has 156 valence electrons. The molecular weight excluding hydrogens is 396 g/mol. The van der Waals surface area contributed by atoms with Crippen molar-refractivity contribution in [3.63, 3.8) is 0 Å². The molecule has 4 aromatic rings. The minimum Gasteiger partial charge on any atom is -0.490 e. The quantitative estimate of drug-likeness (QED) is 0.442. The number of anilines is 1. The van der Waals surface area contributed by atoms with Crippen LogP contribution in [0.15, 0.2) is 77.2 Å². The Morgan fingerprint density at radius 2 is 1.71 bits per heavy atom. The van der Waals surface area contributed by atoms with Crippen LogP contribution in [0.4, 0.5) is 5.69 Å². The maximum atomic E-state index is 13.0. The van der Waals surface area contributed by atoms with Crippen molar-refractivity contribution in [2.45, 2.75) is 6.92 Å². The number of amides is 2. The molecule has 0 fully saturated rings. The summed E-state index contributed by atoms with van der Waals surface area (Å²) in [6.45, 7) is 2.26. The summed E-state index contributed by atoms with van der Waals surface area (Å²) in [5, 5.41) is 3.27. The van der Waals surface area contributed by atoms with Crippen molar-refractivity contribution in [2.24, 2.45) is 5.73 Å². The van der Waals surface area contributed by atoms with Crippen molar-refractivity contribution in [3.8, 4) is 17.2 Å². The molecule has 7 nitrogen and oxygen atoms in total. The van der Waals surface area contributed by atoms with E-state index in [4.69, 9.17) is 19.6 Å². The third kappa shape index (κ3) is 4.20.